The van der Waals surface area contributed by atoms with Gasteiger partial charge in [0.2, 0.25) is 0 Å². The molecule has 0 atom stereocenters. The van der Waals surface area contributed by atoms with Crippen molar-refractivity contribution in [2.45, 2.75) is 6.92 Å². The van der Waals surface area contributed by atoms with Crippen LogP contribution < -0.4 is 4.90 Å². The molecule has 0 N–H and O–H groups in total. The van der Waals surface area contributed by atoms with Crippen molar-refractivity contribution < 1.29 is 0 Å². The van der Waals surface area contributed by atoms with Crippen LogP contribution in [0.4, 0.5) is 5.69 Å². The molecule has 0 saturated carbocycles. The zero-order valence-electron chi connectivity index (χ0n) is 15.8. The maximum atomic E-state index is 9.04. The van der Waals surface area contributed by atoms with Gasteiger partial charge in [0.25, 0.3) is 0 Å². The molecule has 0 amide bonds. The number of anilines is 1. The zero-order chi connectivity index (χ0) is 19.9. The Bertz CT molecular complexity index is 936. The summed E-state index contributed by atoms with van der Waals surface area (Å²) in [5.41, 5.74) is 4.57. The van der Waals surface area contributed by atoms with E-state index in [0.29, 0.717) is 0 Å². The first-order valence-corrected chi connectivity index (χ1v) is 9.53. The van der Waals surface area contributed by atoms with E-state index in [-0.39, 0.29) is 5.57 Å². The topological polar surface area (TPSA) is 54.1 Å². The Morgan fingerprint density at radius 2 is 1.50 bits per heavy atom. The van der Waals surface area contributed by atoms with Gasteiger partial charge in [-0.2, -0.15) is 10.5 Å². The lowest BCUT2D eigenvalue weighted by Crippen LogP contribution is -2.45. The van der Waals surface area contributed by atoms with Gasteiger partial charge >= 0.3 is 0 Å². The van der Waals surface area contributed by atoms with Crippen molar-refractivity contribution in [1.29, 1.82) is 10.5 Å². The van der Waals surface area contributed by atoms with Crippen LogP contribution in [0.1, 0.15) is 11.1 Å². The number of hydrogen-bond donors (Lipinski definition) is 0. The Labute approximate surface area is 171 Å². The molecule has 0 aromatic heterocycles. The van der Waals surface area contributed by atoms with E-state index in [4.69, 9.17) is 22.1 Å². The SMILES string of the molecule is Cc1ccc(/C(=C/C=C(C#N)C#N)N2CCN(c3ccc(Cl)cc3)CC2)cc1. The second kappa shape index (κ2) is 9.13. The van der Waals surface area contributed by atoms with Gasteiger partial charge in [-0.1, -0.05) is 41.4 Å². The lowest BCUT2D eigenvalue weighted by atomic mass is 10.1. The molecule has 0 aliphatic carbocycles. The third kappa shape index (κ3) is 4.74. The van der Waals surface area contributed by atoms with E-state index in [1.807, 2.05) is 42.5 Å². The molecule has 1 fully saturated rings. The standard InChI is InChI=1S/C23H21ClN4/c1-18-2-5-20(6-3-18)23(11-4-19(16-25)17-26)28-14-12-27(13-15-28)22-9-7-21(24)8-10-22/h2-11H,12-15H2,1H3/b23-11-. The van der Waals surface area contributed by atoms with Crippen LogP contribution in [0, 0.1) is 29.6 Å². The molecule has 0 radical (unpaired) electrons. The Morgan fingerprint density at radius 1 is 0.893 bits per heavy atom. The second-order valence-electron chi connectivity index (χ2n) is 6.67. The van der Waals surface area contributed by atoms with Crippen LogP contribution in [0.3, 0.4) is 0 Å². The molecule has 5 heteroatoms. The number of nitrogens with zero attached hydrogens (tertiary/aromatic N) is 4. The number of piperazine rings is 1. The fourth-order valence-corrected chi connectivity index (χ4v) is 3.35. The number of hydrogen-bond acceptors (Lipinski definition) is 4. The van der Waals surface area contributed by atoms with Gasteiger partial charge < -0.3 is 9.80 Å². The monoisotopic (exact) mass is 388 g/mol. The van der Waals surface area contributed by atoms with Crippen molar-refractivity contribution in [3.05, 3.63) is 82.4 Å². The molecule has 0 bridgehead atoms. The summed E-state index contributed by atoms with van der Waals surface area (Å²) in [6.45, 7) is 5.53. The summed E-state index contributed by atoms with van der Waals surface area (Å²) < 4.78 is 0. The van der Waals surface area contributed by atoms with Crippen molar-refractivity contribution >= 4 is 23.0 Å². The average Bonchev–Trinajstić information content (AvgIpc) is 2.73. The van der Waals surface area contributed by atoms with Crippen LogP contribution >= 0.6 is 11.6 Å². The summed E-state index contributed by atoms with van der Waals surface area (Å²) in [4.78, 5) is 4.64. The molecule has 2 aromatic rings. The molecular formula is C23H21ClN4. The van der Waals surface area contributed by atoms with E-state index in [1.54, 1.807) is 6.08 Å². The molecule has 1 heterocycles. The van der Waals surface area contributed by atoms with Gasteiger partial charge in [0.1, 0.15) is 17.7 Å². The van der Waals surface area contributed by atoms with E-state index in [0.717, 1.165) is 42.5 Å². The Morgan fingerprint density at radius 3 is 2.07 bits per heavy atom. The Balaban J connectivity index is 1.82. The third-order valence-corrected chi connectivity index (χ3v) is 5.06. The normalized spacial score (nSPS) is 14.2. The van der Waals surface area contributed by atoms with Crippen molar-refractivity contribution in [2.75, 3.05) is 31.1 Å². The summed E-state index contributed by atoms with van der Waals surface area (Å²) in [5.74, 6) is 0. The highest BCUT2D eigenvalue weighted by molar-refractivity contribution is 6.30. The Kier molecular flexibility index (Phi) is 6.37. The number of aryl methyl sites for hydroxylation is 1. The van der Waals surface area contributed by atoms with Gasteiger partial charge in [-0.3, -0.25) is 0 Å². The maximum Gasteiger partial charge on any atom is 0.129 e. The number of nitriles is 2. The molecule has 1 aliphatic heterocycles. The molecule has 1 saturated heterocycles. The molecule has 140 valence electrons. The largest absolute Gasteiger partial charge is 0.368 e. The van der Waals surface area contributed by atoms with E-state index in [2.05, 4.69) is 41.0 Å². The smallest absolute Gasteiger partial charge is 0.129 e. The summed E-state index contributed by atoms with van der Waals surface area (Å²) in [5, 5.41) is 18.8. The van der Waals surface area contributed by atoms with E-state index < -0.39 is 0 Å². The van der Waals surface area contributed by atoms with E-state index >= 15 is 0 Å². The van der Waals surface area contributed by atoms with Gasteiger partial charge in [0, 0.05) is 42.6 Å². The Hall–Kier alpha value is -3.21. The van der Waals surface area contributed by atoms with Crippen LogP contribution in [-0.2, 0) is 0 Å². The van der Waals surface area contributed by atoms with Gasteiger partial charge in [0.05, 0.1) is 0 Å². The predicted octanol–water partition coefficient (Wildman–Crippen LogP) is 4.79. The third-order valence-electron chi connectivity index (χ3n) is 4.81. The number of rotatable bonds is 4. The van der Waals surface area contributed by atoms with Crippen LogP contribution in [0.5, 0.6) is 0 Å². The molecule has 1 aliphatic rings. The van der Waals surface area contributed by atoms with Crippen LogP contribution in [-0.4, -0.2) is 31.1 Å². The van der Waals surface area contributed by atoms with Crippen molar-refractivity contribution in [1.82, 2.24) is 4.90 Å². The fraction of sp³-hybridized carbons (Fsp3) is 0.217. The summed E-state index contributed by atoms with van der Waals surface area (Å²) in [6.07, 6.45) is 3.48. The summed E-state index contributed by atoms with van der Waals surface area (Å²) in [7, 11) is 0. The predicted molar refractivity (Wildman–Crippen MR) is 114 cm³/mol. The van der Waals surface area contributed by atoms with Crippen molar-refractivity contribution in [3.63, 3.8) is 0 Å². The van der Waals surface area contributed by atoms with Gasteiger partial charge in [-0.25, -0.2) is 0 Å². The van der Waals surface area contributed by atoms with Crippen molar-refractivity contribution in [2.24, 2.45) is 0 Å². The molecule has 0 spiro atoms. The van der Waals surface area contributed by atoms with E-state index in [9.17, 15) is 0 Å². The molecule has 28 heavy (non-hydrogen) atoms. The minimum Gasteiger partial charge on any atom is -0.368 e. The van der Waals surface area contributed by atoms with Crippen LogP contribution in [0.2, 0.25) is 5.02 Å². The molecule has 4 nitrogen and oxygen atoms in total. The zero-order valence-corrected chi connectivity index (χ0v) is 16.5. The van der Waals surface area contributed by atoms with Crippen molar-refractivity contribution in [3.8, 4) is 12.1 Å². The minimum absolute atomic E-state index is 0.101. The number of benzene rings is 2. The van der Waals surface area contributed by atoms with Crippen LogP contribution in [0.15, 0.2) is 66.3 Å². The highest BCUT2D eigenvalue weighted by Gasteiger charge is 2.20. The lowest BCUT2D eigenvalue weighted by molar-refractivity contribution is 0.367. The summed E-state index contributed by atoms with van der Waals surface area (Å²) in [6, 6.07) is 20.1. The molecule has 2 aromatic carbocycles. The van der Waals surface area contributed by atoms with Crippen LogP contribution in [0.25, 0.3) is 5.70 Å². The highest BCUT2D eigenvalue weighted by atomic mass is 35.5. The quantitative estimate of drug-likeness (QED) is 0.558. The first-order chi connectivity index (χ1) is 13.6. The van der Waals surface area contributed by atoms with E-state index in [1.165, 1.54) is 11.3 Å². The molecule has 0 unspecified atom stereocenters. The first kappa shape index (κ1) is 19.5. The average molecular weight is 389 g/mol. The van der Waals surface area contributed by atoms with Gasteiger partial charge in [-0.05, 0) is 48.9 Å². The lowest BCUT2D eigenvalue weighted by Gasteiger charge is -2.38. The first-order valence-electron chi connectivity index (χ1n) is 9.15. The fourth-order valence-electron chi connectivity index (χ4n) is 3.23. The highest BCUT2D eigenvalue weighted by Crippen LogP contribution is 2.25. The molecule has 3 rings (SSSR count). The van der Waals surface area contributed by atoms with Gasteiger partial charge in [0.15, 0.2) is 0 Å². The van der Waals surface area contributed by atoms with Gasteiger partial charge in [-0.15, -0.1) is 0 Å². The number of halogens is 1. The molecular weight excluding hydrogens is 368 g/mol. The second-order valence-corrected chi connectivity index (χ2v) is 7.11. The minimum atomic E-state index is 0.101. The summed E-state index contributed by atoms with van der Waals surface area (Å²) >= 11 is 5.99. The maximum absolute atomic E-state index is 9.04. The number of allylic oxidation sites excluding steroid dienone is 3.